The lowest BCUT2D eigenvalue weighted by Crippen LogP contribution is -1.92. The first kappa shape index (κ1) is 14.4. The Labute approximate surface area is 121 Å². The monoisotopic (exact) mass is 287 g/mol. The van der Waals surface area contributed by atoms with E-state index in [1.807, 2.05) is 25.3 Å². The van der Waals surface area contributed by atoms with Crippen molar-refractivity contribution in [3.8, 4) is 22.3 Å². The molecule has 0 aliphatic rings. The predicted octanol–water partition coefficient (Wildman–Crippen LogP) is 4.89. The molecule has 1 N–H and O–H groups in total. The number of nitriles is 1. The zero-order chi connectivity index (χ0) is 14.7. The molecule has 4 heteroatoms. The van der Waals surface area contributed by atoms with Crippen LogP contribution in [0, 0.1) is 16.5 Å². The number of hydrogen-bond donors (Lipinski definition) is 1. The highest BCUT2D eigenvalue weighted by atomic mass is 32.2. The lowest BCUT2D eigenvalue weighted by atomic mass is 9.95. The quantitative estimate of drug-likeness (QED) is 0.645. The lowest BCUT2D eigenvalue weighted by molar-refractivity contribution is 0.466. The van der Waals surface area contributed by atoms with Crippen LogP contribution in [0.1, 0.15) is 25.3 Å². The van der Waals surface area contributed by atoms with Crippen molar-refractivity contribution in [1.29, 1.82) is 5.26 Å². The van der Waals surface area contributed by atoms with Crippen LogP contribution in [0.2, 0.25) is 0 Å². The van der Waals surface area contributed by atoms with E-state index in [2.05, 4.69) is 0 Å². The summed E-state index contributed by atoms with van der Waals surface area (Å²) in [5, 5.41) is 21.2. The van der Waals surface area contributed by atoms with Crippen molar-refractivity contribution in [1.82, 2.24) is 0 Å². The van der Waals surface area contributed by atoms with Crippen LogP contribution in [0.4, 0.5) is 4.39 Å². The summed E-state index contributed by atoms with van der Waals surface area (Å²) in [6.07, 6.45) is 0. The Morgan fingerprint density at radius 2 is 1.85 bits per heavy atom. The summed E-state index contributed by atoms with van der Waals surface area (Å²) in [6.45, 7) is 3.95. The molecule has 2 nitrogen and oxygen atoms in total. The van der Waals surface area contributed by atoms with E-state index in [0.717, 1.165) is 27.8 Å². The smallest absolute Gasteiger partial charge is 0.138 e. The molecule has 0 atom stereocenters. The number of rotatable bonds is 3. The number of thioether (sulfide) groups is 1. The van der Waals surface area contributed by atoms with Crippen molar-refractivity contribution in [2.75, 3.05) is 0 Å². The Morgan fingerprint density at radius 1 is 1.20 bits per heavy atom. The average Bonchev–Trinajstić information content (AvgIpc) is 2.41. The van der Waals surface area contributed by atoms with E-state index in [9.17, 15) is 9.50 Å². The fourth-order valence-corrected chi connectivity index (χ4v) is 2.50. The van der Waals surface area contributed by atoms with Gasteiger partial charge in [-0.1, -0.05) is 26.0 Å². The number of halogens is 1. The first-order valence-corrected chi connectivity index (χ1v) is 7.03. The molecule has 0 unspecified atom stereocenters. The lowest BCUT2D eigenvalue weighted by Gasteiger charge is -2.14. The average molecular weight is 287 g/mol. The maximum Gasteiger partial charge on any atom is 0.138 e. The second-order valence-corrected chi connectivity index (χ2v) is 5.62. The van der Waals surface area contributed by atoms with Gasteiger partial charge in [0, 0.05) is 10.5 Å². The molecule has 0 heterocycles. The van der Waals surface area contributed by atoms with Crippen LogP contribution in [0.3, 0.4) is 0 Å². The van der Waals surface area contributed by atoms with Crippen LogP contribution in [0.5, 0.6) is 5.75 Å². The largest absolute Gasteiger partial charge is 0.507 e. The molecule has 2 aromatic rings. The van der Waals surface area contributed by atoms with E-state index in [-0.39, 0.29) is 17.5 Å². The predicted molar refractivity (Wildman–Crippen MR) is 79.1 cm³/mol. The van der Waals surface area contributed by atoms with Crippen molar-refractivity contribution >= 4 is 11.8 Å². The van der Waals surface area contributed by atoms with Gasteiger partial charge in [0.1, 0.15) is 17.0 Å². The Morgan fingerprint density at radius 3 is 2.40 bits per heavy atom. The minimum Gasteiger partial charge on any atom is -0.507 e. The summed E-state index contributed by atoms with van der Waals surface area (Å²) in [5.41, 5.74) is 2.13. The van der Waals surface area contributed by atoms with Gasteiger partial charge in [-0.25, -0.2) is 4.39 Å². The topological polar surface area (TPSA) is 44.0 Å². The van der Waals surface area contributed by atoms with Crippen LogP contribution >= 0.6 is 11.8 Å². The van der Waals surface area contributed by atoms with Gasteiger partial charge < -0.3 is 5.11 Å². The molecule has 20 heavy (non-hydrogen) atoms. The molecule has 0 fully saturated rings. The maximum atomic E-state index is 13.0. The number of thiocyanates is 1. The van der Waals surface area contributed by atoms with Crippen molar-refractivity contribution in [3.63, 3.8) is 0 Å². The highest BCUT2D eigenvalue weighted by molar-refractivity contribution is 8.03. The van der Waals surface area contributed by atoms with E-state index in [4.69, 9.17) is 5.26 Å². The summed E-state index contributed by atoms with van der Waals surface area (Å²) >= 11 is 1.05. The second-order valence-electron chi connectivity index (χ2n) is 4.76. The molecule has 0 aliphatic carbocycles. The standard InChI is InChI=1S/C16H14FNOS/c1-10(2)14-7-13(20-9-18)8-15(16(14)19)11-3-5-12(17)6-4-11/h3-8,10,19H,1-2H3. The van der Waals surface area contributed by atoms with Gasteiger partial charge in [-0.15, -0.1) is 0 Å². The summed E-state index contributed by atoms with van der Waals surface area (Å²) in [7, 11) is 0. The highest BCUT2D eigenvalue weighted by Gasteiger charge is 2.14. The molecular weight excluding hydrogens is 273 g/mol. The molecule has 0 aromatic heterocycles. The number of phenolic OH excluding ortho intramolecular Hbond substituents is 1. The Balaban J connectivity index is 2.62. The third-order valence-corrected chi connectivity index (χ3v) is 3.62. The molecule has 102 valence electrons. The van der Waals surface area contributed by atoms with Crippen LogP contribution in [0.15, 0.2) is 41.3 Å². The van der Waals surface area contributed by atoms with Crippen molar-refractivity contribution < 1.29 is 9.50 Å². The number of nitrogens with zero attached hydrogens (tertiary/aromatic N) is 1. The van der Waals surface area contributed by atoms with Gasteiger partial charge in [0.25, 0.3) is 0 Å². The van der Waals surface area contributed by atoms with Gasteiger partial charge in [-0.05, 0) is 53.1 Å². The minimum atomic E-state index is -0.320. The number of hydrogen-bond acceptors (Lipinski definition) is 3. The van der Waals surface area contributed by atoms with Gasteiger partial charge in [-0.3, -0.25) is 0 Å². The molecule has 0 radical (unpaired) electrons. The SMILES string of the molecule is CC(C)c1cc(SC#N)cc(-c2ccc(F)cc2)c1O. The fraction of sp³-hybridized carbons (Fsp3) is 0.188. The van der Waals surface area contributed by atoms with Crippen LogP contribution in [-0.2, 0) is 0 Å². The summed E-state index contributed by atoms with van der Waals surface area (Å²) in [5.74, 6) is 0.00205. The molecule has 0 bridgehead atoms. The van der Waals surface area contributed by atoms with E-state index < -0.39 is 0 Å². The molecular formula is C16H14FNOS. The molecule has 0 spiro atoms. The molecule has 0 amide bonds. The van der Waals surface area contributed by atoms with Crippen molar-refractivity contribution in [3.05, 3.63) is 47.8 Å². The normalized spacial score (nSPS) is 10.6. The van der Waals surface area contributed by atoms with Crippen molar-refractivity contribution in [2.45, 2.75) is 24.7 Å². The first-order valence-electron chi connectivity index (χ1n) is 6.21. The Kier molecular flexibility index (Phi) is 4.31. The summed E-state index contributed by atoms with van der Waals surface area (Å²) < 4.78 is 13.0. The van der Waals surface area contributed by atoms with E-state index in [1.165, 1.54) is 12.1 Å². The molecule has 2 rings (SSSR count). The van der Waals surface area contributed by atoms with E-state index in [1.54, 1.807) is 18.2 Å². The Bertz CT molecular complexity index is 659. The first-order chi connectivity index (χ1) is 9.52. The maximum absolute atomic E-state index is 13.0. The van der Waals surface area contributed by atoms with E-state index >= 15 is 0 Å². The van der Waals surface area contributed by atoms with E-state index in [0.29, 0.717) is 5.56 Å². The summed E-state index contributed by atoms with van der Waals surface area (Å²) in [6, 6.07) is 9.52. The van der Waals surface area contributed by atoms with Gasteiger partial charge in [0.05, 0.1) is 0 Å². The number of aromatic hydroxyl groups is 1. The second kappa shape index (κ2) is 5.98. The van der Waals surface area contributed by atoms with Crippen LogP contribution < -0.4 is 0 Å². The molecule has 0 aliphatic heterocycles. The number of phenols is 1. The van der Waals surface area contributed by atoms with Gasteiger partial charge in [-0.2, -0.15) is 5.26 Å². The zero-order valence-corrected chi connectivity index (χ0v) is 12.0. The molecule has 2 aromatic carbocycles. The van der Waals surface area contributed by atoms with Crippen LogP contribution in [-0.4, -0.2) is 5.11 Å². The zero-order valence-electron chi connectivity index (χ0n) is 11.2. The molecule has 0 saturated heterocycles. The van der Waals surface area contributed by atoms with Crippen LogP contribution in [0.25, 0.3) is 11.1 Å². The highest BCUT2D eigenvalue weighted by Crippen LogP contribution is 2.39. The minimum absolute atomic E-state index is 0.133. The third-order valence-electron chi connectivity index (χ3n) is 3.05. The van der Waals surface area contributed by atoms with Gasteiger partial charge in [0.2, 0.25) is 0 Å². The third kappa shape index (κ3) is 2.94. The summed E-state index contributed by atoms with van der Waals surface area (Å²) in [4.78, 5) is 0.772. The van der Waals surface area contributed by atoms with Gasteiger partial charge in [0.15, 0.2) is 0 Å². The fourth-order valence-electron chi connectivity index (χ4n) is 2.03. The number of benzene rings is 2. The van der Waals surface area contributed by atoms with Crippen molar-refractivity contribution in [2.24, 2.45) is 0 Å². The van der Waals surface area contributed by atoms with Gasteiger partial charge >= 0.3 is 0 Å². The molecule has 0 saturated carbocycles. The Hall–Kier alpha value is -1.99.